The molecule has 1 N–H and O–H groups in total. The third-order valence-corrected chi connectivity index (χ3v) is 4.84. The van der Waals surface area contributed by atoms with Crippen molar-refractivity contribution in [1.29, 1.82) is 0 Å². The number of rotatable bonds is 3. The van der Waals surface area contributed by atoms with Crippen LogP contribution in [-0.2, 0) is 6.42 Å². The number of pyridine rings is 1. The molecule has 1 aliphatic rings. The molecule has 1 amide bonds. The standard InChI is InChI=1S/C19H20N4O2/c1-11(17-9-13-6-4-5-7-16(13)25-17)23(3)19(24)14-8-15-18(20-10-14)22-12(2)21-15/h4-8,10-11,17H,9H2,1-3H3,(H,20,21,22)/t11-,17+/m1/s1. The summed E-state index contributed by atoms with van der Waals surface area (Å²) in [5.74, 6) is 1.62. The fourth-order valence-electron chi connectivity index (χ4n) is 3.25. The summed E-state index contributed by atoms with van der Waals surface area (Å²) >= 11 is 0. The zero-order valence-electron chi connectivity index (χ0n) is 14.5. The molecule has 4 rings (SSSR count). The Kier molecular flexibility index (Phi) is 3.67. The number of aryl methyl sites for hydroxylation is 1. The van der Waals surface area contributed by atoms with Crippen LogP contribution in [-0.4, -0.2) is 45.0 Å². The van der Waals surface area contributed by atoms with Crippen molar-refractivity contribution >= 4 is 17.1 Å². The second-order valence-corrected chi connectivity index (χ2v) is 6.54. The van der Waals surface area contributed by atoms with Crippen LogP contribution >= 0.6 is 0 Å². The lowest BCUT2D eigenvalue weighted by Gasteiger charge is -2.29. The minimum Gasteiger partial charge on any atom is -0.488 e. The predicted octanol–water partition coefficient (Wildman–Crippen LogP) is 2.73. The topological polar surface area (TPSA) is 71.1 Å². The van der Waals surface area contributed by atoms with Crippen molar-refractivity contribution in [1.82, 2.24) is 19.9 Å². The van der Waals surface area contributed by atoms with Crippen LogP contribution in [0.2, 0.25) is 0 Å². The van der Waals surface area contributed by atoms with Crippen molar-refractivity contribution in [3.05, 3.63) is 53.5 Å². The van der Waals surface area contributed by atoms with E-state index in [2.05, 4.69) is 21.0 Å². The first-order valence-electron chi connectivity index (χ1n) is 8.37. The van der Waals surface area contributed by atoms with Crippen molar-refractivity contribution < 1.29 is 9.53 Å². The maximum atomic E-state index is 12.9. The van der Waals surface area contributed by atoms with Crippen LogP contribution < -0.4 is 4.74 Å². The van der Waals surface area contributed by atoms with Gasteiger partial charge in [-0.1, -0.05) is 18.2 Å². The van der Waals surface area contributed by atoms with Crippen LogP contribution in [0.15, 0.2) is 36.5 Å². The Bertz CT molecular complexity index is 925. The first-order valence-corrected chi connectivity index (χ1v) is 8.37. The van der Waals surface area contributed by atoms with Crippen molar-refractivity contribution in [2.24, 2.45) is 0 Å². The Labute approximate surface area is 145 Å². The van der Waals surface area contributed by atoms with E-state index in [9.17, 15) is 4.79 Å². The Balaban J connectivity index is 1.53. The lowest BCUT2D eigenvalue weighted by atomic mass is 10.0. The van der Waals surface area contributed by atoms with E-state index in [0.29, 0.717) is 11.2 Å². The molecule has 6 heteroatoms. The number of imidazole rings is 1. The fourth-order valence-corrected chi connectivity index (χ4v) is 3.25. The van der Waals surface area contributed by atoms with Gasteiger partial charge in [0.15, 0.2) is 5.65 Å². The number of para-hydroxylation sites is 1. The third kappa shape index (κ3) is 2.73. The molecule has 0 fully saturated rings. The Morgan fingerprint density at radius 1 is 1.40 bits per heavy atom. The number of nitrogens with zero attached hydrogens (tertiary/aromatic N) is 3. The number of aromatic amines is 1. The molecule has 1 aromatic carbocycles. The summed E-state index contributed by atoms with van der Waals surface area (Å²) in [7, 11) is 1.81. The predicted molar refractivity (Wildman–Crippen MR) is 94.7 cm³/mol. The van der Waals surface area contributed by atoms with E-state index < -0.39 is 0 Å². The van der Waals surface area contributed by atoms with Crippen molar-refractivity contribution in [3.63, 3.8) is 0 Å². The van der Waals surface area contributed by atoms with Crippen LogP contribution in [0.1, 0.15) is 28.7 Å². The molecule has 0 saturated carbocycles. The highest BCUT2D eigenvalue weighted by atomic mass is 16.5. The smallest absolute Gasteiger partial charge is 0.255 e. The van der Waals surface area contributed by atoms with Gasteiger partial charge in [-0.2, -0.15) is 0 Å². The van der Waals surface area contributed by atoms with Crippen LogP contribution in [0.4, 0.5) is 0 Å². The molecule has 0 radical (unpaired) electrons. The molecule has 0 bridgehead atoms. The Hall–Kier alpha value is -2.89. The molecule has 2 atom stereocenters. The fraction of sp³-hybridized carbons (Fsp3) is 0.316. The summed E-state index contributed by atoms with van der Waals surface area (Å²) in [6, 6.07) is 9.77. The number of benzene rings is 1. The molecule has 0 spiro atoms. The molecule has 6 nitrogen and oxygen atoms in total. The molecule has 3 aromatic rings. The number of ether oxygens (including phenoxy) is 1. The molecule has 0 aliphatic carbocycles. The van der Waals surface area contributed by atoms with E-state index in [1.807, 2.05) is 39.1 Å². The van der Waals surface area contributed by atoms with Gasteiger partial charge in [-0.3, -0.25) is 4.79 Å². The monoisotopic (exact) mass is 336 g/mol. The van der Waals surface area contributed by atoms with E-state index in [0.717, 1.165) is 23.5 Å². The van der Waals surface area contributed by atoms with E-state index in [-0.39, 0.29) is 18.1 Å². The molecule has 0 unspecified atom stereocenters. The summed E-state index contributed by atoms with van der Waals surface area (Å²) in [6.45, 7) is 3.88. The molecule has 128 valence electrons. The minimum absolute atomic E-state index is 0.0440. The lowest BCUT2D eigenvalue weighted by Crippen LogP contribution is -2.44. The average Bonchev–Trinajstić information content (AvgIpc) is 3.21. The largest absolute Gasteiger partial charge is 0.488 e. The van der Waals surface area contributed by atoms with Gasteiger partial charge in [-0.25, -0.2) is 9.97 Å². The van der Waals surface area contributed by atoms with Crippen LogP contribution in [0.25, 0.3) is 11.2 Å². The van der Waals surface area contributed by atoms with Crippen LogP contribution in [0.3, 0.4) is 0 Å². The van der Waals surface area contributed by atoms with Crippen LogP contribution in [0.5, 0.6) is 5.75 Å². The summed E-state index contributed by atoms with van der Waals surface area (Å²) in [5, 5.41) is 0. The van der Waals surface area contributed by atoms with Crippen LogP contribution in [0, 0.1) is 6.92 Å². The normalized spacial score (nSPS) is 17.2. The highest BCUT2D eigenvalue weighted by molar-refractivity contribution is 5.96. The molecule has 1 aliphatic heterocycles. The van der Waals surface area contributed by atoms with Gasteiger partial charge in [0.1, 0.15) is 17.7 Å². The number of nitrogens with one attached hydrogen (secondary N) is 1. The molecule has 3 heterocycles. The van der Waals surface area contributed by atoms with Gasteiger partial charge in [0.2, 0.25) is 0 Å². The number of hydrogen-bond donors (Lipinski definition) is 1. The Morgan fingerprint density at radius 2 is 2.20 bits per heavy atom. The second kappa shape index (κ2) is 5.88. The number of likely N-dealkylation sites (N-methyl/N-ethyl adjacent to an activating group) is 1. The number of H-pyrrole nitrogens is 1. The molecular weight excluding hydrogens is 316 g/mol. The minimum atomic E-state index is -0.0753. The van der Waals surface area contributed by atoms with Gasteiger partial charge in [0, 0.05) is 19.7 Å². The first-order chi connectivity index (χ1) is 12.0. The molecule has 0 saturated heterocycles. The number of carbonyl (C=O) groups is 1. The van der Waals surface area contributed by atoms with Gasteiger partial charge in [-0.15, -0.1) is 0 Å². The summed E-state index contributed by atoms with van der Waals surface area (Å²) < 4.78 is 6.02. The van der Waals surface area contributed by atoms with E-state index in [1.54, 1.807) is 17.2 Å². The quantitative estimate of drug-likeness (QED) is 0.798. The number of amides is 1. The van der Waals surface area contributed by atoms with Gasteiger partial charge in [-0.05, 0) is 31.5 Å². The molecular formula is C19H20N4O2. The zero-order valence-corrected chi connectivity index (χ0v) is 14.5. The maximum absolute atomic E-state index is 12.9. The first kappa shape index (κ1) is 15.6. The summed E-state index contributed by atoms with van der Waals surface area (Å²) in [4.78, 5) is 26.2. The van der Waals surface area contributed by atoms with E-state index in [4.69, 9.17) is 4.74 Å². The van der Waals surface area contributed by atoms with E-state index >= 15 is 0 Å². The molecule has 25 heavy (non-hydrogen) atoms. The highest BCUT2D eigenvalue weighted by Gasteiger charge is 2.32. The van der Waals surface area contributed by atoms with Gasteiger partial charge in [0.25, 0.3) is 5.91 Å². The van der Waals surface area contributed by atoms with E-state index in [1.165, 1.54) is 5.56 Å². The number of hydrogen-bond acceptors (Lipinski definition) is 4. The SMILES string of the molecule is Cc1nc2ncc(C(=O)N(C)[C@H](C)[C@@H]3Cc4ccccc4O3)cc2[nH]1. The molecule has 2 aromatic heterocycles. The summed E-state index contributed by atoms with van der Waals surface area (Å²) in [5.41, 5.74) is 3.13. The zero-order chi connectivity index (χ0) is 17.6. The van der Waals surface area contributed by atoms with Crippen molar-refractivity contribution in [2.75, 3.05) is 7.05 Å². The van der Waals surface area contributed by atoms with Gasteiger partial charge < -0.3 is 14.6 Å². The van der Waals surface area contributed by atoms with Crippen molar-refractivity contribution in [2.45, 2.75) is 32.4 Å². The van der Waals surface area contributed by atoms with Gasteiger partial charge in [0.05, 0.1) is 17.1 Å². The number of carbonyl (C=O) groups excluding carboxylic acids is 1. The number of aromatic nitrogens is 3. The highest BCUT2D eigenvalue weighted by Crippen LogP contribution is 2.30. The third-order valence-electron chi connectivity index (χ3n) is 4.84. The lowest BCUT2D eigenvalue weighted by molar-refractivity contribution is 0.0598. The Morgan fingerprint density at radius 3 is 3.00 bits per heavy atom. The number of fused-ring (bicyclic) bond motifs is 2. The van der Waals surface area contributed by atoms with Crippen molar-refractivity contribution in [3.8, 4) is 5.75 Å². The second-order valence-electron chi connectivity index (χ2n) is 6.54. The maximum Gasteiger partial charge on any atom is 0.255 e. The average molecular weight is 336 g/mol. The summed E-state index contributed by atoms with van der Waals surface area (Å²) in [6.07, 6.45) is 2.35. The van der Waals surface area contributed by atoms with Gasteiger partial charge >= 0.3 is 0 Å².